The van der Waals surface area contributed by atoms with Gasteiger partial charge in [-0.05, 0) is 50.8 Å². The molecule has 1 aromatic heterocycles. The first kappa shape index (κ1) is 19.9. The second-order valence-corrected chi connectivity index (χ2v) is 8.59. The minimum Gasteiger partial charge on any atom is -0.872 e. The number of hydrogen-bond donors (Lipinski definition) is 1. The first-order valence-corrected chi connectivity index (χ1v) is 11.3. The standard InChI is InChI=1S/C26H28N2O3/c1-2-28-16-18(19-9-5-6-10-22(19)28)15-24-25(30)20-11-12-23(29)21(26(20)31-24)17-27-13-7-3-4-8-14-27/h5-6,9-12,15-16,29H,2-4,7-8,13-14,17H2,1H3/b24-15+. The molecule has 0 spiro atoms. The first-order valence-electron chi connectivity index (χ1n) is 11.3. The number of nitrogens with one attached hydrogen (secondary N) is 1. The number of likely N-dealkylation sites (tertiary alicyclic amines) is 1. The average Bonchev–Trinajstić information content (AvgIpc) is 3.16. The summed E-state index contributed by atoms with van der Waals surface area (Å²) in [6.45, 7) is 5.70. The molecule has 160 valence electrons. The molecule has 1 fully saturated rings. The van der Waals surface area contributed by atoms with Crippen LogP contribution >= 0.6 is 0 Å². The molecule has 2 aliphatic rings. The van der Waals surface area contributed by atoms with Crippen LogP contribution in [0.5, 0.6) is 11.5 Å². The summed E-state index contributed by atoms with van der Waals surface area (Å²) in [7, 11) is 0. The Morgan fingerprint density at radius 2 is 1.87 bits per heavy atom. The van der Waals surface area contributed by atoms with Crippen molar-refractivity contribution in [2.24, 2.45) is 0 Å². The summed E-state index contributed by atoms with van der Waals surface area (Å²) in [4.78, 5) is 14.5. The molecule has 3 aromatic rings. The van der Waals surface area contributed by atoms with E-state index < -0.39 is 0 Å². The normalized spacial score (nSPS) is 18.4. The van der Waals surface area contributed by atoms with E-state index in [4.69, 9.17) is 4.74 Å². The molecule has 5 heteroatoms. The summed E-state index contributed by atoms with van der Waals surface area (Å²) in [6.07, 6.45) is 8.76. The Morgan fingerprint density at radius 1 is 1.10 bits per heavy atom. The molecular weight excluding hydrogens is 388 g/mol. The van der Waals surface area contributed by atoms with Crippen LogP contribution in [0.3, 0.4) is 0 Å². The van der Waals surface area contributed by atoms with Crippen LogP contribution in [0.15, 0.2) is 48.4 Å². The van der Waals surface area contributed by atoms with Gasteiger partial charge in [0.15, 0.2) is 5.76 Å². The van der Waals surface area contributed by atoms with E-state index in [0.29, 0.717) is 29.2 Å². The lowest BCUT2D eigenvalue weighted by Crippen LogP contribution is -3.10. The molecule has 1 N–H and O–H groups in total. The fourth-order valence-electron chi connectivity index (χ4n) is 4.90. The Kier molecular flexibility index (Phi) is 5.28. The maximum Gasteiger partial charge on any atom is 0.231 e. The van der Waals surface area contributed by atoms with E-state index in [0.717, 1.165) is 36.1 Å². The molecule has 3 heterocycles. The highest BCUT2D eigenvalue weighted by Crippen LogP contribution is 2.39. The van der Waals surface area contributed by atoms with Crippen LogP contribution in [-0.4, -0.2) is 23.4 Å². The van der Waals surface area contributed by atoms with Crippen molar-refractivity contribution in [2.45, 2.75) is 45.7 Å². The fourth-order valence-corrected chi connectivity index (χ4v) is 4.90. The van der Waals surface area contributed by atoms with E-state index in [1.165, 1.54) is 36.6 Å². The third kappa shape index (κ3) is 3.63. The van der Waals surface area contributed by atoms with Crippen molar-refractivity contribution in [3.8, 4) is 11.5 Å². The maximum atomic E-state index is 13.1. The fraction of sp³-hybridized carbons (Fsp3) is 0.346. The molecule has 0 radical (unpaired) electrons. The van der Waals surface area contributed by atoms with Gasteiger partial charge in [0.25, 0.3) is 0 Å². The van der Waals surface area contributed by atoms with Gasteiger partial charge in [-0.2, -0.15) is 0 Å². The van der Waals surface area contributed by atoms with Gasteiger partial charge >= 0.3 is 0 Å². The van der Waals surface area contributed by atoms with Crippen molar-refractivity contribution >= 4 is 22.8 Å². The molecule has 31 heavy (non-hydrogen) atoms. The number of aromatic nitrogens is 1. The minimum atomic E-state index is -0.143. The van der Waals surface area contributed by atoms with Crippen LogP contribution in [0.4, 0.5) is 0 Å². The Balaban J connectivity index is 1.50. The third-order valence-corrected chi connectivity index (χ3v) is 6.58. The van der Waals surface area contributed by atoms with Crippen molar-refractivity contribution in [1.29, 1.82) is 0 Å². The van der Waals surface area contributed by atoms with Gasteiger partial charge in [-0.3, -0.25) is 4.79 Å². The number of quaternary nitrogens is 1. The molecular formula is C26H28N2O3. The van der Waals surface area contributed by atoms with E-state index in [-0.39, 0.29) is 11.5 Å². The zero-order valence-electron chi connectivity index (χ0n) is 17.9. The van der Waals surface area contributed by atoms with Gasteiger partial charge in [-0.1, -0.05) is 30.0 Å². The van der Waals surface area contributed by atoms with Gasteiger partial charge < -0.3 is 19.3 Å². The second-order valence-electron chi connectivity index (χ2n) is 8.59. The van der Waals surface area contributed by atoms with Gasteiger partial charge in [0.2, 0.25) is 5.78 Å². The lowest BCUT2D eigenvalue weighted by atomic mass is 10.0. The van der Waals surface area contributed by atoms with E-state index in [2.05, 4.69) is 29.8 Å². The number of Topliss-reactive ketones (excluding diaryl/α,β-unsaturated/α-hetero) is 1. The second kappa shape index (κ2) is 8.23. The molecule has 1 saturated heterocycles. The van der Waals surface area contributed by atoms with Crippen molar-refractivity contribution in [1.82, 2.24) is 4.57 Å². The number of aryl methyl sites for hydroxylation is 1. The van der Waals surface area contributed by atoms with E-state index in [9.17, 15) is 9.90 Å². The van der Waals surface area contributed by atoms with Crippen LogP contribution in [0.2, 0.25) is 0 Å². The summed E-state index contributed by atoms with van der Waals surface area (Å²) in [6, 6.07) is 11.3. The molecule has 2 aliphatic heterocycles. The molecule has 0 unspecified atom stereocenters. The SMILES string of the molecule is CCn1cc(/C=C2/Oc3c(ccc([O-])c3C[NH+]3CCCCCC3)C2=O)c2ccccc21. The lowest BCUT2D eigenvalue weighted by Gasteiger charge is -2.22. The van der Waals surface area contributed by atoms with Gasteiger partial charge in [-0.25, -0.2) is 0 Å². The largest absolute Gasteiger partial charge is 0.872 e. The Labute approximate surface area is 182 Å². The molecule has 5 rings (SSSR count). The lowest BCUT2D eigenvalue weighted by molar-refractivity contribution is -0.913. The predicted molar refractivity (Wildman–Crippen MR) is 119 cm³/mol. The van der Waals surface area contributed by atoms with Crippen LogP contribution in [0.25, 0.3) is 17.0 Å². The number of fused-ring (bicyclic) bond motifs is 2. The summed E-state index contributed by atoms with van der Waals surface area (Å²) < 4.78 is 8.25. The van der Waals surface area contributed by atoms with Crippen molar-refractivity contribution in [3.63, 3.8) is 0 Å². The van der Waals surface area contributed by atoms with Crippen LogP contribution in [0.1, 0.15) is 54.1 Å². The summed E-state index contributed by atoms with van der Waals surface area (Å²) in [5.41, 5.74) is 3.24. The number of hydrogen-bond acceptors (Lipinski definition) is 3. The number of allylic oxidation sites excluding steroid dienone is 1. The first-order chi connectivity index (χ1) is 15.2. The highest BCUT2D eigenvalue weighted by atomic mass is 16.5. The number of ketones is 1. The smallest absolute Gasteiger partial charge is 0.231 e. The maximum absolute atomic E-state index is 13.1. The highest BCUT2D eigenvalue weighted by Gasteiger charge is 2.31. The van der Waals surface area contributed by atoms with Crippen LogP contribution in [0, 0.1) is 0 Å². The predicted octanol–water partition coefficient (Wildman–Crippen LogP) is 3.31. The minimum absolute atomic E-state index is 0.0351. The van der Waals surface area contributed by atoms with E-state index in [1.54, 1.807) is 6.07 Å². The summed E-state index contributed by atoms with van der Waals surface area (Å²) in [5.74, 6) is 0.592. The molecule has 2 aromatic carbocycles. The number of rotatable bonds is 4. The molecule has 0 aliphatic carbocycles. The zero-order chi connectivity index (χ0) is 21.4. The Hall–Kier alpha value is -3.05. The van der Waals surface area contributed by atoms with Crippen LogP contribution < -0.4 is 14.7 Å². The number of ether oxygens (including phenoxy) is 1. The van der Waals surface area contributed by atoms with Crippen molar-refractivity contribution in [3.05, 3.63) is 65.0 Å². The van der Waals surface area contributed by atoms with Crippen LogP contribution in [-0.2, 0) is 13.1 Å². The van der Waals surface area contributed by atoms with Crippen molar-refractivity contribution < 1.29 is 19.5 Å². The van der Waals surface area contributed by atoms with Gasteiger partial charge in [-0.15, -0.1) is 0 Å². The average molecular weight is 417 g/mol. The number of carbonyl (C=O) groups excluding carboxylic acids is 1. The molecule has 0 saturated carbocycles. The number of benzene rings is 2. The van der Waals surface area contributed by atoms with Gasteiger partial charge in [0, 0.05) is 34.8 Å². The molecule has 5 nitrogen and oxygen atoms in total. The summed E-state index contributed by atoms with van der Waals surface area (Å²) in [5, 5.41) is 13.8. The Bertz CT molecular complexity index is 1170. The van der Waals surface area contributed by atoms with Gasteiger partial charge in [0.1, 0.15) is 12.3 Å². The Morgan fingerprint density at radius 3 is 2.65 bits per heavy atom. The number of nitrogens with zero attached hydrogens (tertiary/aromatic N) is 1. The molecule has 0 amide bonds. The van der Waals surface area contributed by atoms with Crippen molar-refractivity contribution in [2.75, 3.05) is 13.1 Å². The zero-order valence-corrected chi connectivity index (χ0v) is 17.9. The third-order valence-electron chi connectivity index (χ3n) is 6.58. The highest BCUT2D eigenvalue weighted by molar-refractivity contribution is 6.15. The number of para-hydroxylation sites is 1. The molecule has 0 bridgehead atoms. The topological polar surface area (TPSA) is 58.7 Å². The van der Waals surface area contributed by atoms with E-state index >= 15 is 0 Å². The quantitative estimate of drug-likeness (QED) is 0.664. The monoisotopic (exact) mass is 416 g/mol. The van der Waals surface area contributed by atoms with E-state index in [1.807, 2.05) is 18.2 Å². The summed E-state index contributed by atoms with van der Waals surface area (Å²) >= 11 is 0. The number of carbonyl (C=O) groups is 1. The van der Waals surface area contributed by atoms with Gasteiger partial charge in [0.05, 0.1) is 18.7 Å². The molecule has 0 atom stereocenters.